The van der Waals surface area contributed by atoms with Gasteiger partial charge in [-0.15, -0.1) is 0 Å². The topological polar surface area (TPSA) is 108 Å². The summed E-state index contributed by atoms with van der Waals surface area (Å²) in [6.07, 6.45) is 3.43. The van der Waals surface area contributed by atoms with E-state index in [0.29, 0.717) is 16.8 Å². The molecule has 0 saturated heterocycles. The molecular formula is C23H21N3O5. The highest BCUT2D eigenvalue weighted by molar-refractivity contribution is 5.88. The molecule has 0 radical (unpaired) electrons. The molecule has 0 aliphatic heterocycles. The number of benzene rings is 1. The predicted molar refractivity (Wildman–Crippen MR) is 114 cm³/mol. The number of aromatic nitrogens is 3. The molecule has 0 bridgehead atoms. The molecule has 0 aliphatic rings. The van der Waals surface area contributed by atoms with Gasteiger partial charge in [0.05, 0.1) is 0 Å². The van der Waals surface area contributed by atoms with Crippen LogP contribution in [0.2, 0.25) is 0 Å². The highest BCUT2D eigenvalue weighted by atomic mass is 16.5. The molecule has 1 aromatic carbocycles. The zero-order valence-corrected chi connectivity index (χ0v) is 17.6. The van der Waals surface area contributed by atoms with Crippen LogP contribution in [0.3, 0.4) is 0 Å². The summed E-state index contributed by atoms with van der Waals surface area (Å²) in [5.74, 6) is 0.160. The fourth-order valence-corrected chi connectivity index (χ4v) is 3.01. The summed E-state index contributed by atoms with van der Waals surface area (Å²) in [6.45, 7) is 7.82. The summed E-state index contributed by atoms with van der Waals surface area (Å²) in [4.78, 5) is 32.9. The molecule has 0 spiro atoms. The van der Waals surface area contributed by atoms with Crippen LogP contribution in [0.25, 0.3) is 33.8 Å². The third-order valence-electron chi connectivity index (χ3n) is 4.77. The van der Waals surface area contributed by atoms with Gasteiger partial charge in [0.2, 0.25) is 5.82 Å². The molecule has 0 N–H and O–H groups in total. The number of carbonyl (C=O) groups is 1. The van der Waals surface area contributed by atoms with Gasteiger partial charge in [-0.05, 0) is 41.3 Å². The number of nitrogens with zero attached hydrogens (tertiary/aromatic N) is 3. The maximum atomic E-state index is 12.7. The molecule has 0 aliphatic carbocycles. The second-order valence-electron chi connectivity index (χ2n) is 8.08. The van der Waals surface area contributed by atoms with Gasteiger partial charge in [-0.3, -0.25) is 9.78 Å². The quantitative estimate of drug-likeness (QED) is 0.270. The molecule has 0 unspecified atom stereocenters. The van der Waals surface area contributed by atoms with E-state index in [2.05, 4.69) is 15.1 Å². The largest absolute Gasteiger partial charge is 0.422 e. The zero-order chi connectivity index (χ0) is 22.2. The van der Waals surface area contributed by atoms with Crippen molar-refractivity contribution in [1.29, 1.82) is 0 Å². The van der Waals surface area contributed by atoms with Crippen molar-refractivity contribution >= 4 is 16.9 Å². The van der Waals surface area contributed by atoms with E-state index >= 15 is 0 Å². The molecular weight excluding hydrogens is 398 g/mol. The van der Waals surface area contributed by atoms with Crippen molar-refractivity contribution in [3.8, 4) is 28.6 Å². The summed E-state index contributed by atoms with van der Waals surface area (Å²) in [6, 6.07) is 8.71. The molecule has 31 heavy (non-hydrogen) atoms. The molecule has 0 amide bonds. The number of rotatable bonds is 4. The Balaban J connectivity index is 1.87. The summed E-state index contributed by atoms with van der Waals surface area (Å²) in [7, 11) is 0. The zero-order valence-electron chi connectivity index (χ0n) is 17.6. The standard InChI is InChI=1S/C23H21N3O5/c1-5-18(27)29-17-12-15(23(2,3)4)10-14-11-16(22(28)30-19(14)17)21-25-20(26-31-21)13-6-8-24-9-7-13/h6-12H,5H2,1-4H3. The molecule has 158 valence electrons. The van der Waals surface area contributed by atoms with Crippen LogP contribution in [0.15, 0.2) is 56.5 Å². The van der Waals surface area contributed by atoms with Gasteiger partial charge >= 0.3 is 11.6 Å². The van der Waals surface area contributed by atoms with Gasteiger partial charge in [-0.1, -0.05) is 32.9 Å². The SMILES string of the molecule is CCC(=O)Oc1cc(C(C)(C)C)cc2cc(-c3nc(-c4ccncc4)no3)c(=O)oc12. The van der Waals surface area contributed by atoms with Gasteiger partial charge in [-0.2, -0.15) is 4.98 Å². The van der Waals surface area contributed by atoms with E-state index in [1.54, 1.807) is 43.6 Å². The molecule has 0 saturated carbocycles. The highest BCUT2D eigenvalue weighted by Gasteiger charge is 2.22. The number of pyridine rings is 1. The molecule has 0 fully saturated rings. The van der Waals surface area contributed by atoms with Crippen LogP contribution in [-0.4, -0.2) is 21.1 Å². The van der Waals surface area contributed by atoms with Crippen molar-refractivity contribution in [1.82, 2.24) is 15.1 Å². The Hall–Kier alpha value is -3.81. The van der Waals surface area contributed by atoms with Crippen LogP contribution in [0.1, 0.15) is 39.7 Å². The highest BCUT2D eigenvalue weighted by Crippen LogP contribution is 2.34. The average Bonchev–Trinajstić information content (AvgIpc) is 3.23. The molecule has 3 aromatic heterocycles. The van der Waals surface area contributed by atoms with Crippen LogP contribution >= 0.6 is 0 Å². The van der Waals surface area contributed by atoms with E-state index < -0.39 is 11.6 Å². The van der Waals surface area contributed by atoms with Gasteiger partial charge in [0.1, 0.15) is 5.56 Å². The second-order valence-corrected chi connectivity index (χ2v) is 8.08. The normalized spacial score (nSPS) is 11.6. The van der Waals surface area contributed by atoms with Crippen molar-refractivity contribution < 1.29 is 18.5 Å². The fraction of sp³-hybridized carbons (Fsp3) is 0.261. The van der Waals surface area contributed by atoms with Crippen molar-refractivity contribution in [2.45, 2.75) is 39.5 Å². The van der Waals surface area contributed by atoms with Crippen LogP contribution < -0.4 is 10.4 Å². The lowest BCUT2D eigenvalue weighted by molar-refractivity contribution is -0.133. The Labute approximate surface area is 177 Å². The van der Waals surface area contributed by atoms with Gasteiger partial charge in [0, 0.05) is 29.8 Å². The Morgan fingerprint density at radius 3 is 2.55 bits per heavy atom. The van der Waals surface area contributed by atoms with Crippen LogP contribution in [-0.2, 0) is 10.2 Å². The lowest BCUT2D eigenvalue weighted by atomic mass is 9.86. The van der Waals surface area contributed by atoms with E-state index in [0.717, 1.165) is 5.56 Å². The number of hydrogen-bond donors (Lipinski definition) is 0. The van der Waals surface area contributed by atoms with Crippen LogP contribution in [0.5, 0.6) is 5.75 Å². The molecule has 4 aromatic rings. The third kappa shape index (κ3) is 4.09. The first-order valence-electron chi connectivity index (χ1n) is 9.84. The van der Waals surface area contributed by atoms with Crippen molar-refractivity contribution in [3.63, 3.8) is 0 Å². The number of ether oxygens (including phenoxy) is 1. The predicted octanol–water partition coefficient (Wildman–Crippen LogP) is 4.52. The molecule has 0 atom stereocenters. The second kappa shape index (κ2) is 7.79. The van der Waals surface area contributed by atoms with E-state index in [1.165, 1.54) is 0 Å². The van der Waals surface area contributed by atoms with E-state index in [9.17, 15) is 9.59 Å². The first kappa shape index (κ1) is 20.5. The minimum Gasteiger partial charge on any atom is -0.422 e. The Morgan fingerprint density at radius 1 is 1.13 bits per heavy atom. The Bertz CT molecular complexity index is 1320. The minimum atomic E-state index is -0.672. The minimum absolute atomic E-state index is 0.0377. The Morgan fingerprint density at radius 2 is 1.87 bits per heavy atom. The smallest absolute Gasteiger partial charge is 0.349 e. The van der Waals surface area contributed by atoms with Crippen molar-refractivity contribution in [3.05, 3.63) is 58.7 Å². The molecule has 8 heteroatoms. The van der Waals surface area contributed by atoms with Gasteiger partial charge in [-0.25, -0.2) is 4.79 Å². The van der Waals surface area contributed by atoms with Gasteiger partial charge in [0.15, 0.2) is 11.3 Å². The summed E-state index contributed by atoms with van der Waals surface area (Å²) >= 11 is 0. The Kier molecular flexibility index (Phi) is 5.14. The van der Waals surface area contributed by atoms with E-state index in [-0.39, 0.29) is 34.6 Å². The fourth-order valence-electron chi connectivity index (χ4n) is 3.01. The van der Waals surface area contributed by atoms with Crippen molar-refractivity contribution in [2.24, 2.45) is 0 Å². The summed E-state index contributed by atoms with van der Waals surface area (Å²) < 4.78 is 16.3. The maximum absolute atomic E-state index is 12.7. The summed E-state index contributed by atoms with van der Waals surface area (Å²) in [5.41, 5.74) is 1.04. The molecule has 3 heterocycles. The van der Waals surface area contributed by atoms with Crippen LogP contribution in [0.4, 0.5) is 0 Å². The average molecular weight is 419 g/mol. The number of hydrogen-bond acceptors (Lipinski definition) is 8. The van der Waals surface area contributed by atoms with Gasteiger partial charge < -0.3 is 13.7 Å². The molecule has 8 nitrogen and oxygen atoms in total. The summed E-state index contributed by atoms with van der Waals surface area (Å²) in [5, 5.41) is 4.53. The first-order chi connectivity index (χ1) is 14.8. The van der Waals surface area contributed by atoms with Gasteiger partial charge in [0.25, 0.3) is 5.89 Å². The van der Waals surface area contributed by atoms with Crippen molar-refractivity contribution in [2.75, 3.05) is 0 Å². The maximum Gasteiger partial charge on any atom is 0.349 e. The van der Waals surface area contributed by atoms with E-state index in [4.69, 9.17) is 13.7 Å². The lowest BCUT2D eigenvalue weighted by Crippen LogP contribution is -2.13. The monoisotopic (exact) mass is 419 g/mol. The lowest BCUT2D eigenvalue weighted by Gasteiger charge is -2.20. The van der Waals surface area contributed by atoms with E-state index in [1.807, 2.05) is 26.8 Å². The first-order valence-corrected chi connectivity index (χ1v) is 9.84. The number of fused-ring (bicyclic) bond motifs is 1. The number of esters is 1. The molecule has 4 rings (SSSR count). The van der Waals surface area contributed by atoms with Crippen LogP contribution in [0, 0.1) is 0 Å². The third-order valence-corrected chi connectivity index (χ3v) is 4.77. The number of carbonyl (C=O) groups excluding carboxylic acids is 1.